The van der Waals surface area contributed by atoms with Gasteiger partial charge in [0.1, 0.15) is 12.9 Å². The molecular formula is C10H9NO4. The van der Waals surface area contributed by atoms with Crippen molar-refractivity contribution in [1.29, 1.82) is 0 Å². The van der Waals surface area contributed by atoms with Crippen LogP contribution < -0.4 is 0 Å². The molecule has 5 nitrogen and oxygen atoms in total. The Kier molecular flexibility index (Phi) is 4.03. The zero-order valence-corrected chi connectivity index (χ0v) is 7.83. The lowest BCUT2D eigenvalue weighted by Gasteiger charge is -1.94. The maximum Gasteiger partial charge on any atom is 0.294 e. The SMILES string of the molecule is O=Cc1cccc(/C=C/CO[N+](=O)[O-])c1. The van der Waals surface area contributed by atoms with Crippen LogP contribution in [0.1, 0.15) is 15.9 Å². The van der Waals surface area contributed by atoms with E-state index in [1.54, 1.807) is 30.3 Å². The van der Waals surface area contributed by atoms with E-state index in [9.17, 15) is 14.9 Å². The van der Waals surface area contributed by atoms with Gasteiger partial charge in [-0.2, -0.15) is 0 Å². The molecule has 0 spiro atoms. The molecule has 1 rings (SSSR count). The van der Waals surface area contributed by atoms with Crippen LogP contribution in [0.2, 0.25) is 0 Å². The summed E-state index contributed by atoms with van der Waals surface area (Å²) in [5, 5.41) is 8.96. The minimum absolute atomic E-state index is 0.0989. The summed E-state index contributed by atoms with van der Waals surface area (Å²) >= 11 is 0. The van der Waals surface area contributed by atoms with Gasteiger partial charge in [0.25, 0.3) is 5.09 Å². The van der Waals surface area contributed by atoms with Gasteiger partial charge in [0, 0.05) is 5.56 Å². The van der Waals surface area contributed by atoms with E-state index in [1.807, 2.05) is 0 Å². The fourth-order valence-electron chi connectivity index (χ4n) is 1.02. The third kappa shape index (κ3) is 4.04. The van der Waals surface area contributed by atoms with Gasteiger partial charge in [-0.1, -0.05) is 30.4 Å². The molecule has 0 fully saturated rings. The molecule has 0 aromatic heterocycles. The van der Waals surface area contributed by atoms with Crippen molar-refractivity contribution in [1.82, 2.24) is 0 Å². The van der Waals surface area contributed by atoms with Crippen LogP contribution in [0.15, 0.2) is 30.3 Å². The second kappa shape index (κ2) is 5.54. The lowest BCUT2D eigenvalue weighted by Crippen LogP contribution is -1.99. The van der Waals surface area contributed by atoms with Crippen LogP contribution in [-0.2, 0) is 4.84 Å². The molecule has 0 saturated carbocycles. The molecule has 1 aromatic rings. The van der Waals surface area contributed by atoms with Crippen LogP contribution >= 0.6 is 0 Å². The number of rotatable bonds is 5. The van der Waals surface area contributed by atoms with Gasteiger partial charge in [0.15, 0.2) is 0 Å². The number of aldehydes is 1. The lowest BCUT2D eigenvalue weighted by molar-refractivity contribution is -0.755. The summed E-state index contributed by atoms with van der Waals surface area (Å²) in [5.74, 6) is 0. The first-order valence-electron chi connectivity index (χ1n) is 4.21. The predicted octanol–water partition coefficient (Wildman–Crippen LogP) is 1.72. The summed E-state index contributed by atoms with van der Waals surface area (Å²) in [7, 11) is 0. The molecule has 15 heavy (non-hydrogen) atoms. The molecule has 0 aliphatic heterocycles. The number of benzene rings is 1. The minimum Gasteiger partial charge on any atom is -0.310 e. The smallest absolute Gasteiger partial charge is 0.294 e. The van der Waals surface area contributed by atoms with Crippen molar-refractivity contribution in [2.75, 3.05) is 6.61 Å². The monoisotopic (exact) mass is 207 g/mol. The first-order chi connectivity index (χ1) is 7.22. The quantitative estimate of drug-likeness (QED) is 0.418. The average molecular weight is 207 g/mol. The van der Waals surface area contributed by atoms with Crippen molar-refractivity contribution in [3.05, 3.63) is 51.6 Å². The zero-order chi connectivity index (χ0) is 11.1. The Balaban J connectivity index is 2.56. The highest BCUT2D eigenvalue weighted by molar-refractivity contribution is 5.76. The molecule has 0 N–H and O–H groups in total. The molecule has 78 valence electrons. The number of hydrogen-bond donors (Lipinski definition) is 0. The van der Waals surface area contributed by atoms with Crippen molar-refractivity contribution in [3.8, 4) is 0 Å². The summed E-state index contributed by atoms with van der Waals surface area (Å²) in [4.78, 5) is 24.3. The zero-order valence-electron chi connectivity index (χ0n) is 7.83. The first-order valence-corrected chi connectivity index (χ1v) is 4.21. The standard InChI is InChI=1S/C10H9NO4/c12-8-10-4-1-3-9(7-10)5-2-6-15-11(13)14/h1-5,7-8H,6H2/b5-2+. The summed E-state index contributed by atoms with van der Waals surface area (Å²) in [6.07, 6.45) is 3.90. The third-order valence-electron chi connectivity index (χ3n) is 1.63. The van der Waals surface area contributed by atoms with Gasteiger partial charge in [-0.3, -0.25) is 4.79 Å². The van der Waals surface area contributed by atoms with Crippen LogP contribution in [0.25, 0.3) is 6.08 Å². The summed E-state index contributed by atoms with van der Waals surface area (Å²) in [6.45, 7) is -0.0989. The molecule has 0 aliphatic carbocycles. The Hall–Kier alpha value is -2.17. The Morgan fingerprint density at radius 1 is 1.40 bits per heavy atom. The van der Waals surface area contributed by atoms with Crippen molar-refractivity contribution < 1.29 is 14.7 Å². The van der Waals surface area contributed by atoms with Crippen LogP contribution in [0, 0.1) is 10.1 Å². The van der Waals surface area contributed by atoms with Crippen molar-refractivity contribution in [2.45, 2.75) is 0 Å². The molecule has 0 aliphatic rings. The Morgan fingerprint density at radius 3 is 2.80 bits per heavy atom. The van der Waals surface area contributed by atoms with Gasteiger partial charge in [-0.25, -0.2) is 0 Å². The molecule has 0 atom stereocenters. The molecule has 1 aromatic carbocycles. The molecular weight excluding hydrogens is 198 g/mol. The van der Waals surface area contributed by atoms with Gasteiger partial charge in [0.05, 0.1) is 0 Å². The Bertz CT molecular complexity index is 387. The van der Waals surface area contributed by atoms with Crippen LogP contribution in [0.3, 0.4) is 0 Å². The Labute approximate surface area is 86.1 Å². The number of carbonyl (C=O) groups is 1. The van der Waals surface area contributed by atoms with Crippen LogP contribution in [0.5, 0.6) is 0 Å². The lowest BCUT2D eigenvalue weighted by atomic mass is 10.1. The molecule has 0 heterocycles. The van der Waals surface area contributed by atoms with Gasteiger partial charge in [-0.15, -0.1) is 10.1 Å². The van der Waals surface area contributed by atoms with E-state index in [-0.39, 0.29) is 6.61 Å². The fourth-order valence-corrected chi connectivity index (χ4v) is 1.02. The highest BCUT2D eigenvalue weighted by Gasteiger charge is 1.92. The molecule has 0 unspecified atom stereocenters. The van der Waals surface area contributed by atoms with Crippen molar-refractivity contribution in [2.24, 2.45) is 0 Å². The molecule has 0 radical (unpaired) electrons. The van der Waals surface area contributed by atoms with Crippen molar-refractivity contribution in [3.63, 3.8) is 0 Å². The van der Waals surface area contributed by atoms with Crippen LogP contribution in [-0.4, -0.2) is 18.0 Å². The normalized spacial score (nSPS) is 10.1. The maximum atomic E-state index is 10.4. The molecule has 5 heteroatoms. The van der Waals surface area contributed by atoms with E-state index < -0.39 is 5.09 Å². The summed E-state index contributed by atoms with van der Waals surface area (Å²) < 4.78 is 0. The highest BCUT2D eigenvalue weighted by atomic mass is 16.9. The second-order valence-electron chi connectivity index (χ2n) is 2.71. The van der Waals surface area contributed by atoms with E-state index >= 15 is 0 Å². The van der Waals surface area contributed by atoms with E-state index in [1.165, 1.54) is 6.08 Å². The summed E-state index contributed by atoms with van der Waals surface area (Å²) in [5.41, 5.74) is 1.36. The number of hydrogen-bond acceptors (Lipinski definition) is 4. The van der Waals surface area contributed by atoms with E-state index in [4.69, 9.17) is 0 Å². The van der Waals surface area contributed by atoms with Gasteiger partial charge in [-0.05, 0) is 11.6 Å². The van der Waals surface area contributed by atoms with Gasteiger partial charge in [0.2, 0.25) is 0 Å². The predicted molar refractivity (Wildman–Crippen MR) is 53.8 cm³/mol. The molecule has 0 amide bonds. The van der Waals surface area contributed by atoms with Crippen molar-refractivity contribution >= 4 is 12.4 Å². The average Bonchev–Trinajstić information content (AvgIpc) is 2.24. The maximum absolute atomic E-state index is 10.4. The fraction of sp³-hybridized carbons (Fsp3) is 0.100. The first kappa shape index (κ1) is 10.9. The Morgan fingerprint density at radius 2 is 2.13 bits per heavy atom. The summed E-state index contributed by atoms with van der Waals surface area (Å²) in [6, 6.07) is 6.88. The number of nitrogens with zero attached hydrogens (tertiary/aromatic N) is 1. The number of carbonyl (C=O) groups excluding carboxylic acids is 1. The van der Waals surface area contributed by atoms with E-state index in [0.29, 0.717) is 5.56 Å². The van der Waals surface area contributed by atoms with E-state index in [2.05, 4.69) is 4.84 Å². The van der Waals surface area contributed by atoms with Gasteiger partial charge < -0.3 is 4.84 Å². The molecule has 0 saturated heterocycles. The van der Waals surface area contributed by atoms with Gasteiger partial charge >= 0.3 is 0 Å². The van der Waals surface area contributed by atoms with Crippen LogP contribution in [0.4, 0.5) is 0 Å². The second-order valence-corrected chi connectivity index (χ2v) is 2.71. The largest absolute Gasteiger partial charge is 0.310 e. The topological polar surface area (TPSA) is 69.4 Å². The highest BCUT2D eigenvalue weighted by Crippen LogP contribution is 2.05. The molecule has 0 bridgehead atoms. The minimum atomic E-state index is -0.855. The third-order valence-corrected chi connectivity index (χ3v) is 1.63. The van der Waals surface area contributed by atoms with E-state index in [0.717, 1.165) is 11.8 Å².